The van der Waals surface area contributed by atoms with Gasteiger partial charge in [0.25, 0.3) is 5.39 Å². The predicted molar refractivity (Wildman–Crippen MR) is 52.5 cm³/mol. The first-order chi connectivity index (χ1) is 7.04. The molecule has 0 aromatic heterocycles. The van der Waals surface area contributed by atoms with Gasteiger partial charge < -0.3 is 4.74 Å². The van der Waals surface area contributed by atoms with Crippen molar-refractivity contribution in [3.8, 4) is 0 Å². The van der Waals surface area contributed by atoms with E-state index < -0.39 is 11.0 Å². The van der Waals surface area contributed by atoms with Gasteiger partial charge in [0.2, 0.25) is 5.00 Å². The van der Waals surface area contributed by atoms with Gasteiger partial charge in [0.15, 0.2) is 11.5 Å². The van der Waals surface area contributed by atoms with Crippen molar-refractivity contribution in [1.82, 2.24) is 5.01 Å². The Morgan fingerprint density at radius 3 is 3.00 bits per heavy atom. The van der Waals surface area contributed by atoms with Crippen molar-refractivity contribution < 1.29 is 9.53 Å². The number of amidine groups is 1. The van der Waals surface area contributed by atoms with Crippen LogP contribution in [0.15, 0.2) is 15.7 Å². The Morgan fingerprint density at radius 2 is 2.47 bits per heavy atom. The third-order valence-electron chi connectivity index (χ3n) is 2.23. The number of carbonyl (C=O) groups excluding carboxylic acids is 1. The van der Waals surface area contributed by atoms with E-state index in [0.717, 1.165) is 5.01 Å². The number of carbonyl (C=O) groups is 1. The average Bonchev–Trinajstić information content (AvgIpc) is 2.20. The van der Waals surface area contributed by atoms with E-state index in [0.29, 0.717) is 12.3 Å². The largest absolute Gasteiger partial charge is 0.464 e. The first-order valence-electron chi connectivity index (χ1n) is 3.95. The number of halogens is 2. The molecule has 0 aromatic rings. The predicted octanol–water partition coefficient (Wildman–Crippen LogP) is 1.43. The fraction of sp³-hybridized carbons (Fsp3) is 0.429. The number of esters is 1. The molecule has 15 heavy (non-hydrogen) atoms. The smallest absolute Gasteiger partial charge is 0.358 e. The number of diazo groups is 1. The molecule has 78 valence electrons. The Balaban J connectivity index is 2.45. The number of rotatable bonds is 1. The molecule has 3 rings (SSSR count). The molecule has 3 aliphatic heterocycles. The summed E-state index contributed by atoms with van der Waals surface area (Å²) >= 11 is 11.9. The maximum absolute atomic E-state index is 11.2. The highest BCUT2D eigenvalue weighted by Gasteiger charge is 2.64. The number of methoxy groups -OCH3 is 1. The molecule has 0 spiro atoms. The first-order valence-corrected chi connectivity index (χ1v) is 4.70. The quantitative estimate of drug-likeness (QED) is 0.304. The maximum Gasteiger partial charge on any atom is 0.358 e. The number of aliphatic imine (C=N–C) groups is 1. The molecule has 2 bridgehead atoms. The molecule has 3 aliphatic rings. The van der Waals surface area contributed by atoms with Crippen LogP contribution in [0.3, 0.4) is 0 Å². The van der Waals surface area contributed by atoms with Crippen molar-refractivity contribution in [3.05, 3.63) is 15.8 Å². The van der Waals surface area contributed by atoms with Gasteiger partial charge in [-0.1, -0.05) is 23.2 Å². The van der Waals surface area contributed by atoms with Crippen LogP contribution in [-0.4, -0.2) is 28.9 Å². The van der Waals surface area contributed by atoms with Crippen LogP contribution in [0.2, 0.25) is 0 Å². The summed E-state index contributed by atoms with van der Waals surface area (Å²) in [6.45, 7) is 0. The number of hydrogen-bond donors (Lipinski definition) is 0. The average molecular weight is 248 g/mol. The Bertz CT molecular complexity index is 452. The summed E-state index contributed by atoms with van der Waals surface area (Å²) < 4.78 is 4.48. The van der Waals surface area contributed by atoms with Crippen LogP contribution in [0, 0.1) is 5.39 Å². The summed E-state index contributed by atoms with van der Waals surface area (Å²) in [6, 6.07) is 0. The number of ether oxygens (including phenoxy) is 1. The molecule has 8 heteroatoms. The summed E-state index contributed by atoms with van der Waals surface area (Å²) in [5.74, 6) is -0.294. The fourth-order valence-corrected chi connectivity index (χ4v) is 2.05. The van der Waals surface area contributed by atoms with Crippen molar-refractivity contribution >= 4 is 35.0 Å². The lowest BCUT2D eigenvalue weighted by Crippen LogP contribution is -2.59. The van der Waals surface area contributed by atoms with Crippen molar-refractivity contribution in [2.24, 2.45) is 4.99 Å². The Kier molecular flexibility index (Phi) is 2.10. The first kappa shape index (κ1) is 10.2. The third kappa shape index (κ3) is 1.14. The monoisotopic (exact) mass is 247 g/mol. The Morgan fingerprint density at radius 1 is 1.80 bits per heavy atom. The number of nitrogens with zero attached hydrogens (tertiary/aromatic N) is 4. The molecule has 3 heterocycles. The summed E-state index contributed by atoms with van der Waals surface area (Å²) in [5, 5.41) is 12.6. The summed E-state index contributed by atoms with van der Waals surface area (Å²) in [6.07, 6.45) is 0.317. The molecule has 1 fully saturated rings. The van der Waals surface area contributed by atoms with E-state index in [-0.39, 0.29) is 10.7 Å². The molecule has 1 atom stereocenters. The highest BCUT2D eigenvalue weighted by Crippen LogP contribution is 2.49. The van der Waals surface area contributed by atoms with E-state index in [1.165, 1.54) is 7.11 Å². The van der Waals surface area contributed by atoms with Gasteiger partial charge in [-0.25, -0.2) is 9.79 Å². The van der Waals surface area contributed by atoms with Crippen LogP contribution in [0.25, 0.3) is 5.08 Å². The normalized spacial score (nSPS) is 27.9. The molecule has 0 N–H and O–H groups in total. The molecule has 6 nitrogen and oxygen atoms in total. The van der Waals surface area contributed by atoms with Gasteiger partial charge in [0, 0.05) is 5.01 Å². The Hall–Kier alpha value is -1.32. The van der Waals surface area contributed by atoms with Crippen LogP contribution in [0.1, 0.15) is 6.42 Å². The topological polar surface area (TPSA) is 70.0 Å². The van der Waals surface area contributed by atoms with Crippen molar-refractivity contribution in [1.29, 1.82) is 5.39 Å². The maximum atomic E-state index is 11.2. The van der Waals surface area contributed by atoms with Crippen LogP contribution >= 0.6 is 23.2 Å². The SMILES string of the molecule is COC(=O)C1=C(Cl)C2(Cl)CC(=N1)N2[N+]#N. The number of fused-ring (bicyclic) bond motifs is 1. The highest BCUT2D eigenvalue weighted by atomic mass is 35.5. The summed E-state index contributed by atoms with van der Waals surface area (Å²) in [5.41, 5.74) is -0.0460. The van der Waals surface area contributed by atoms with Gasteiger partial charge >= 0.3 is 11.1 Å². The standard InChI is InChI=1S/C7H5Cl2N4O2/c1-15-6(14)4-5(8)7(9)2-3(11-4)13(7)12-10/h2H2,1H3/q+1. The van der Waals surface area contributed by atoms with Gasteiger partial charge in [-0.15, -0.1) is 0 Å². The van der Waals surface area contributed by atoms with E-state index in [9.17, 15) is 4.79 Å². The summed E-state index contributed by atoms with van der Waals surface area (Å²) in [4.78, 5) is 13.9. The zero-order valence-electron chi connectivity index (χ0n) is 7.57. The lowest BCUT2D eigenvalue weighted by Gasteiger charge is -2.38. The molecule has 0 aromatic carbocycles. The van der Waals surface area contributed by atoms with Gasteiger partial charge in [-0.2, -0.15) is 0 Å². The van der Waals surface area contributed by atoms with E-state index in [1.54, 1.807) is 0 Å². The minimum Gasteiger partial charge on any atom is -0.464 e. The van der Waals surface area contributed by atoms with E-state index in [1.807, 2.05) is 0 Å². The minimum absolute atomic E-state index is 0.00353. The van der Waals surface area contributed by atoms with E-state index >= 15 is 0 Å². The molecule has 0 aliphatic carbocycles. The second-order valence-corrected chi connectivity index (χ2v) is 4.02. The van der Waals surface area contributed by atoms with Crippen LogP contribution < -0.4 is 0 Å². The van der Waals surface area contributed by atoms with Gasteiger partial charge in [0.1, 0.15) is 0 Å². The van der Waals surface area contributed by atoms with Gasteiger partial charge in [-0.3, -0.25) is 0 Å². The van der Waals surface area contributed by atoms with Crippen molar-refractivity contribution in [2.75, 3.05) is 7.11 Å². The highest BCUT2D eigenvalue weighted by molar-refractivity contribution is 6.44. The number of hydrogen-bond acceptors (Lipinski definition) is 5. The molecule has 1 saturated heterocycles. The second kappa shape index (κ2) is 3.08. The molecule has 1 unspecified atom stereocenters. The van der Waals surface area contributed by atoms with Gasteiger partial charge in [0.05, 0.1) is 18.6 Å². The third-order valence-corrected chi connectivity index (χ3v) is 3.30. The van der Waals surface area contributed by atoms with Crippen molar-refractivity contribution in [3.63, 3.8) is 0 Å². The lowest BCUT2D eigenvalue weighted by molar-refractivity contribution is -0.136. The van der Waals surface area contributed by atoms with Crippen LogP contribution in [0.4, 0.5) is 0 Å². The van der Waals surface area contributed by atoms with Crippen molar-refractivity contribution in [2.45, 2.75) is 11.4 Å². The molecule has 0 amide bonds. The van der Waals surface area contributed by atoms with E-state index in [2.05, 4.69) is 14.8 Å². The van der Waals surface area contributed by atoms with E-state index in [4.69, 9.17) is 28.6 Å². The van der Waals surface area contributed by atoms with Gasteiger partial charge in [-0.05, 0) is 0 Å². The van der Waals surface area contributed by atoms with Crippen LogP contribution in [-0.2, 0) is 9.53 Å². The lowest BCUT2D eigenvalue weighted by atomic mass is 9.98. The minimum atomic E-state index is -1.20. The van der Waals surface area contributed by atoms with Crippen LogP contribution in [0.5, 0.6) is 0 Å². The fourth-order valence-electron chi connectivity index (χ4n) is 1.44. The molecule has 0 radical (unpaired) electrons. The zero-order valence-corrected chi connectivity index (χ0v) is 9.08. The second-order valence-electron chi connectivity index (χ2n) is 3.02. The summed E-state index contributed by atoms with van der Waals surface area (Å²) in [7, 11) is 1.22. The Labute approximate surface area is 94.7 Å². The molecule has 0 saturated carbocycles. The zero-order chi connectivity index (χ0) is 11.2. The molecular formula is C7H5Cl2N4O2+. The molecular weight excluding hydrogens is 243 g/mol. The number of alkyl halides is 1.